The molecule has 2 N–H and O–H groups in total. The van der Waals surface area contributed by atoms with Crippen LogP contribution in [0.25, 0.3) is 5.70 Å². The van der Waals surface area contributed by atoms with E-state index in [0.717, 1.165) is 37.7 Å². The molecule has 1 saturated heterocycles. The molecule has 34 heavy (non-hydrogen) atoms. The lowest BCUT2D eigenvalue weighted by Gasteiger charge is -2.44. The summed E-state index contributed by atoms with van der Waals surface area (Å²) in [5, 5.41) is 21.5. The molecular weight excluding hydrogens is 424 g/mol. The van der Waals surface area contributed by atoms with E-state index < -0.39 is 6.10 Å². The fourth-order valence-electron chi connectivity index (χ4n) is 5.72. The van der Waals surface area contributed by atoms with Gasteiger partial charge >= 0.3 is 0 Å². The van der Waals surface area contributed by atoms with Crippen LogP contribution >= 0.6 is 0 Å². The zero-order valence-electron chi connectivity index (χ0n) is 19.2. The molecule has 0 radical (unpaired) electrons. The second-order valence-corrected chi connectivity index (χ2v) is 9.46. The molecule has 1 fully saturated rings. The van der Waals surface area contributed by atoms with Crippen molar-refractivity contribution in [1.29, 1.82) is 0 Å². The number of benzene rings is 2. The molecule has 6 heteroatoms. The smallest absolute Gasteiger partial charge is 0.160 e. The standard InChI is InChI=1S/C28H30N4O2/c33-24-13-16-31-23(25(20-9-3-1-4-10-20)21-11-5-2-6-12-21)19-32-22(18-30-14-7-8-15-30)17-29-28(32)26(31)27(24)34/h1-6,9-13,16-17,23-25,33-34H,7-8,14-15,18-19H2/t23-,24?/m1/s1. The van der Waals surface area contributed by atoms with E-state index in [2.05, 4.69) is 62.9 Å². The SMILES string of the molecule is OC1=C2c3ncc(CN4CCCC4)n3C[C@H](C(c3ccccc3)c3ccccc3)N2C=CC1O. The molecule has 2 aromatic carbocycles. The Kier molecular flexibility index (Phi) is 5.47. The van der Waals surface area contributed by atoms with E-state index in [0.29, 0.717) is 5.70 Å². The Labute approximate surface area is 200 Å². The highest BCUT2D eigenvalue weighted by Crippen LogP contribution is 2.42. The van der Waals surface area contributed by atoms with E-state index in [1.807, 2.05) is 24.5 Å². The molecule has 6 nitrogen and oxygen atoms in total. The lowest BCUT2D eigenvalue weighted by atomic mass is 9.82. The average Bonchev–Trinajstić information content (AvgIpc) is 3.53. The minimum absolute atomic E-state index is 0.00438. The number of aliphatic hydroxyl groups is 2. The summed E-state index contributed by atoms with van der Waals surface area (Å²) < 4.78 is 2.26. The van der Waals surface area contributed by atoms with Crippen LogP contribution < -0.4 is 0 Å². The van der Waals surface area contributed by atoms with Crippen LogP contribution in [0.3, 0.4) is 0 Å². The number of likely N-dealkylation sites (tertiary alicyclic amines) is 1. The summed E-state index contributed by atoms with van der Waals surface area (Å²) in [5.74, 6) is 0.762. The molecule has 0 saturated carbocycles. The van der Waals surface area contributed by atoms with Crippen molar-refractivity contribution < 1.29 is 10.2 Å². The van der Waals surface area contributed by atoms with E-state index in [4.69, 9.17) is 4.98 Å². The van der Waals surface area contributed by atoms with Gasteiger partial charge in [-0.15, -0.1) is 0 Å². The molecule has 3 aliphatic heterocycles. The van der Waals surface area contributed by atoms with E-state index in [-0.39, 0.29) is 17.7 Å². The van der Waals surface area contributed by atoms with Crippen LogP contribution in [0.2, 0.25) is 0 Å². The first-order chi connectivity index (χ1) is 16.7. The summed E-state index contributed by atoms with van der Waals surface area (Å²) in [4.78, 5) is 9.33. The molecule has 174 valence electrons. The Morgan fingerprint density at radius 3 is 2.24 bits per heavy atom. The van der Waals surface area contributed by atoms with Gasteiger partial charge in [-0.3, -0.25) is 4.90 Å². The fourth-order valence-corrected chi connectivity index (χ4v) is 5.72. The monoisotopic (exact) mass is 454 g/mol. The molecule has 1 unspecified atom stereocenters. The minimum atomic E-state index is -1.02. The van der Waals surface area contributed by atoms with Crippen LogP contribution in [0.1, 0.15) is 41.4 Å². The van der Waals surface area contributed by atoms with Crippen molar-refractivity contribution in [2.24, 2.45) is 0 Å². The van der Waals surface area contributed by atoms with Gasteiger partial charge in [-0.1, -0.05) is 60.7 Å². The largest absolute Gasteiger partial charge is 0.507 e. The topological polar surface area (TPSA) is 64.8 Å². The number of aromatic nitrogens is 2. The van der Waals surface area contributed by atoms with Gasteiger partial charge in [0.25, 0.3) is 0 Å². The highest BCUT2D eigenvalue weighted by molar-refractivity contribution is 5.67. The molecule has 2 atom stereocenters. The Bertz CT molecular complexity index is 1170. The van der Waals surface area contributed by atoms with Crippen LogP contribution in [0.4, 0.5) is 0 Å². The predicted molar refractivity (Wildman–Crippen MR) is 132 cm³/mol. The summed E-state index contributed by atoms with van der Waals surface area (Å²) in [6.45, 7) is 3.82. The first-order valence-corrected chi connectivity index (χ1v) is 12.2. The molecule has 3 aromatic rings. The third kappa shape index (κ3) is 3.63. The van der Waals surface area contributed by atoms with Crippen molar-refractivity contribution >= 4 is 5.70 Å². The second-order valence-electron chi connectivity index (χ2n) is 9.46. The van der Waals surface area contributed by atoms with Gasteiger partial charge in [0.05, 0.1) is 17.9 Å². The molecule has 0 aliphatic carbocycles. The van der Waals surface area contributed by atoms with Crippen LogP contribution in [-0.4, -0.2) is 54.8 Å². The first-order valence-electron chi connectivity index (χ1n) is 12.2. The Balaban J connectivity index is 1.49. The van der Waals surface area contributed by atoms with E-state index in [1.54, 1.807) is 6.08 Å². The number of fused-ring (bicyclic) bond motifs is 3. The maximum atomic E-state index is 11.0. The molecule has 3 aliphatic rings. The normalized spacial score (nSPS) is 22.4. The fraction of sp³-hybridized carbons (Fsp3) is 0.321. The maximum Gasteiger partial charge on any atom is 0.160 e. The van der Waals surface area contributed by atoms with E-state index >= 15 is 0 Å². The lowest BCUT2D eigenvalue weighted by Crippen LogP contribution is -2.46. The van der Waals surface area contributed by atoms with Crippen molar-refractivity contribution in [1.82, 2.24) is 19.4 Å². The van der Waals surface area contributed by atoms with Gasteiger partial charge in [-0.05, 0) is 43.1 Å². The second kappa shape index (κ2) is 8.78. The van der Waals surface area contributed by atoms with Gasteiger partial charge in [0.2, 0.25) is 0 Å². The van der Waals surface area contributed by atoms with Gasteiger partial charge in [-0.25, -0.2) is 4.98 Å². The van der Waals surface area contributed by atoms with Crippen molar-refractivity contribution in [3.05, 3.63) is 108 Å². The zero-order chi connectivity index (χ0) is 23.1. The van der Waals surface area contributed by atoms with Crippen LogP contribution in [-0.2, 0) is 13.1 Å². The van der Waals surface area contributed by atoms with E-state index in [9.17, 15) is 10.2 Å². The maximum absolute atomic E-state index is 11.0. The number of rotatable bonds is 5. The molecular formula is C28H30N4O2. The summed E-state index contributed by atoms with van der Waals surface area (Å²) in [7, 11) is 0. The van der Waals surface area contributed by atoms with Gasteiger partial charge in [-0.2, -0.15) is 0 Å². The molecule has 0 spiro atoms. The van der Waals surface area contributed by atoms with E-state index in [1.165, 1.54) is 24.0 Å². The predicted octanol–water partition coefficient (Wildman–Crippen LogP) is 4.11. The zero-order valence-corrected chi connectivity index (χ0v) is 19.2. The van der Waals surface area contributed by atoms with Gasteiger partial charge in [0.1, 0.15) is 11.8 Å². The Morgan fingerprint density at radius 1 is 0.941 bits per heavy atom. The lowest BCUT2D eigenvalue weighted by molar-refractivity contribution is 0.171. The highest BCUT2D eigenvalue weighted by atomic mass is 16.3. The third-order valence-electron chi connectivity index (χ3n) is 7.37. The quantitative estimate of drug-likeness (QED) is 0.608. The highest BCUT2D eigenvalue weighted by Gasteiger charge is 2.41. The van der Waals surface area contributed by atoms with Crippen molar-refractivity contribution in [2.45, 2.75) is 44.0 Å². The first kappa shape index (κ1) is 21.2. The molecule has 4 heterocycles. The number of aliphatic hydroxyl groups excluding tert-OH is 2. The van der Waals surface area contributed by atoms with Gasteiger partial charge in [0, 0.05) is 25.2 Å². The average molecular weight is 455 g/mol. The van der Waals surface area contributed by atoms with Crippen molar-refractivity contribution in [3.63, 3.8) is 0 Å². The number of hydrogen-bond acceptors (Lipinski definition) is 5. The molecule has 6 rings (SSSR count). The number of imidazole rings is 1. The van der Waals surface area contributed by atoms with Gasteiger partial charge < -0.3 is 19.7 Å². The van der Waals surface area contributed by atoms with Crippen molar-refractivity contribution in [2.75, 3.05) is 13.1 Å². The molecule has 0 amide bonds. The Morgan fingerprint density at radius 2 is 1.59 bits per heavy atom. The third-order valence-corrected chi connectivity index (χ3v) is 7.37. The number of nitrogens with zero attached hydrogens (tertiary/aromatic N) is 4. The Hall–Kier alpha value is -3.35. The number of hydrogen-bond donors (Lipinski definition) is 2. The van der Waals surface area contributed by atoms with Crippen LogP contribution in [0.5, 0.6) is 0 Å². The minimum Gasteiger partial charge on any atom is -0.507 e. The van der Waals surface area contributed by atoms with Crippen LogP contribution in [0.15, 0.2) is 84.9 Å². The summed E-state index contributed by atoms with van der Waals surface area (Å²) in [5.41, 5.74) is 4.21. The van der Waals surface area contributed by atoms with Crippen molar-refractivity contribution in [3.8, 4) is 0 Å². The molecule has 0 bridgehead atoms. The molecule has 1 aromatic heterocycles. The summed E-state index contributed by atoms with van der Waals surface area (Å²) in [6, 6.07) is 21.1. The van der Waals surface area contributed by atoms with Gasteiger partial charge in [0.15, 0.2) is 11.6 Å². The van der Waals surface area contributed by atoms with Crippen LogP contribution in [0, 0.1) is 0 Å². The summed E-state index contributed by atoms with van der Waals surface area (Å²) in [6.07, 6.45) is 6.97. The summed E-state index contributed by atoms with van der Waals surface area (Å²) >= 11 is 0.